The molecule has 12 heteroatoms. The van der Waals surface area contributed by atoms with Crippen molar-refractivity contribution in [2.24, 2.45) is 23.7 Å². The molecule has 0 spiro atoms. The van der Waals surface area contributed by atoms with E-state index in [2.05, 4.69) is 4.90 Å². The second-order valence-corrected chi connectivity index (χ2v) is 18.4. The largest absolute Gasteiger partial charge is 0.461 e. The molecule has 61 heavy (non-hydrogen) atoms. The first-order chi connectivity index (χ1) is 28.6. The number of ether oxygens (including phenoxy) is 5. The van der Waals surface area contributed by atoms with Crippen molar-refractivity contribution < 1.29 is 53.4 Å². The molecule has 0 unspecified atom stereocenters. The number of nitrogens with zero attached hydrogens (tertiary/aromatic N) is 1. The van der Waals surface area contributed by atoms with Gasteiger partial charge in [-0.25, -0.2) is 0 Å². The van der Waals surface area contributed by atoms with E-state index in [9.17, 15) is 29.7 Å². The molecule has 12 nitrogen and oxygen atoms in total. The van der Waals surface area contributed by atoms with Gasteiger partial charge in [0.05, 0.1) is 36.3 Å². The van der Waals surface area contributed by atoms with Crippen molar-refractivity contribution in [2.75, 3.05) is 14.2 Å². The topological polar surface area (TPSA) is 161 Å². The number of aliphatic hydroxyl groups excluding tert-OH is 2. The molecule has 0 aliphatic carbocycles. The van der Waals surface area contributed by atoms with Gasteiger partial charge in [0, 0.05) is 37.5 Å². The van der Waals surface area contributed by atoms with Crippen LogP contribution in [-0.2, 0) is 51.0 Å². The van der Waals surface area contributed by atoms with Gasteiger partial charge in [-0.05, 0) is 82.8 Å². The summed E-state index contributed by atoms with van der Waals surface area (Å²) >= 11 is 0. The smallest absolute Gasteiger partial charge is 0.312 e. The first-order valence-electron chi connectivity index (χ1n) is 21.8. The third-order valence-electron chi connectivity index (χ3n) is 13.5. The SMILES string of the molecule is CC[C@H]1OC(=O)[C@H](C)[C@@H](OC(=O)Cc2ccc3ccccc3c2)[C@H](C)[C@@H](O[C@]2(C)O[C@H](C)C[C@H](N(C)Cc3ccccc3)[C@H]2O)[C@](C)(OC)C[C@@H](C)C(=O)[C@H](C)[C@@H](O)[C@]1(C)O. The lowest BCUT2D eigenvalue weighted by Crippen LogP contribution is -2.65. The molecule has 5 rings (SSSR count). The molecule has 2 fully saturated rings. The van der Waals surface area contributed by atoms with Crippen LogP contribution in [0.4, 0.5) is 0 Å². The monoisotopic (exact) mass is 847 g/mol. The van der Waals surface area contributed by atoms with Gasteiger partial charge >= 0.3 is 11.9 Å². The average molecular weight is 848 g/mol. The van der Waals surface area contributed by atoms with Crippen molar-refractivity contribution in [3.05, 3.63) is 83.9 Å². The molecule has 3 aromatic carbocycles. The number of methoxy groups -OCH3 is 1. The number of cyclic esters (lactones) is 1. The highest BCUT2D eigenvalue weighted by Crippen LogP contribution is 2.43. The zero-order valence-electron chi connectivity index (χ0n) is 37.9. The zero-order valence-corrected chi connectivity index (χ0v) is 37.9. The summed E-state index contributed by atoms with van der Waals surface area (Å²) in [6.45, 7) is 15.7. The van der Waals surface area contributed by atoms with Gasteiger partial charge in [-0.2, -0.15) is 0 Å². The summed E-state index contributed by atoms with van der Waals surface area (Å²) in [5, 5.41) is 37.6. The highest BCUT2D eigenvalue weighted by molar-refractivity contribution is 5.85. The summed E-state index contributed by atoms with van der Waals surface area (Å²) < 4.78 is 32.3. The van der Waals surface area contributed by atoms with E-state index in [0.717, 1.165) is 16.3 Å². The number of rotatable bonds is 10. The lowest BCUT2D eigenvalue weighted by molar-refractivity contribution is -0.359. The van der Waals surface area contributed by atoms with Crippen LogP contribution in [0.5, 0.6) is 0 Å². The van der Waals surface area contributed by atoms with Crippen LogP contribution < -0.4 is 0 Å². The number of ketones is 1. The quantitative estimate of drug-likeness (QED) is 0.193. The Morgan fingerprint density at radius 3 is 2.15 bits per heavy atom. The lowest BCUT2D eigenvalue weighted by atomic mass is 9.73. The van der Waals surface area contributed by atoms with Crippen molar-refractivity contribution in [2.45, 2.75) is 154 Å². The number of esters is 2. The fourth-order valence-corrected chi connectivity index (χ4v) is 9.75. The van der Waals surface area contributed by atoms with Crippen molar-refractivity contribution in [1.82, 2.24) is 4.90 Å². The summed E-state index contributed by atoms with van der Waals surface area (Å²) in [7, 11) is 3.45. The molecule has 0 saturated carbocycles. The molecule has 2 aliphatic heterocycles. The second kappa shape index (κ2) is 19.7. The van der Waals surface area contributed by atoms with Gasteiger partial charge in [0.2, 0.25) is 0 Å². The number of benzene rings is 3. The van der Waals surface area contributed by atoms with E-state index in [1.54, 1.807) is 48.5 Å². The number of fused-ring (bicyclic) bond motifs is 1. The molecular weight excluding hydrogens is 779 g/mol. The maximum absolute atomic E-state index is 14.3. The molecule has 336 valence electrons. The number of carbonyl (C=O) groups excluding carboxylic acids is 3. The minimum absolute atomic E-state index is 0.0589. The molecule has 3 aromatic rings. The third-order valence-corrected chi connectivity index (χ3v) is 13.5. The lowest BCUT2D eigenvalue weighted by Gasteiger charge is -2.52. The molecule has 2 heterocycles. The minimum atomic E-state index is -2.00. The van der Waals surface area contributed by atoms with Crippen molar-refractivity contribution in [1.29, 1.82) is 0 Å². The van der Waals surface area contributed by atoms with E-state index < -0.39 is 89.2 Å². The summed E-state index contributed by atoms with van der Waals surface area (Å²) in [6.07, 6.45) is -6.04. The predicted molar refractivity (Wildman–Crippen MR) is 232 cm³/mol. The first-order valence-corrected chi connectivity index (χ1v) is 21.8. The Morgan fingerprint density at radius 2 is 1.51 bits per heavy atom. The summed E-state index contributed by atoms with van der Waals surface area (Å²) in [5.74, 6) is -7.16. The van der Waals surface area contributed by atoms with Gasteiger partial charge in [0.25, 0.3) is 0 Å². The summed E-state index contributed by atoms with van der Waals surface area (Å²) in [5.41, 5.74) is -1.56. The highest BCUT2D eigenvalue weighted by Gasteiger charge is 2.56. The van der Waals surface area contributed by atoms with Crippen LogP contribution in [0.1, 0.15) is 92.7 Å². The maximum Gasteiger partial charge on any atom is 0.312 e. The fraction of sp³-hybridized carbons (Fsp3) is 0.612. The molecular formula is C49H69NO11. The van der Waals surface area contributed by atoms with Gasteiger partial charge in [-0.3, -0.25) is 19.3 Å². The van der Waals surface area contributed by atoms with Gasteiger partial charge in [0.15, 0.2) is 5.79 Å². The standard InChI is InChI=1S/C49H69NO11/c1-12-39-48(8,56)43(53)31(4)41(52)29(2)27-47(7,57-11)45(61-49(9)44(54)38(24-30(3)60-49)50(10)28-34-18-14-13-15-19-34)32(5)42(33(6)46(55)58-39)59-40(51)26-35-22-23-36-20-16-17-21-37(36)25-35/h13-23,25,29-33,38-39,42-45,53-54,56H,12,24,26-28H2,1-11H3/t29-,30-,31+,32+,33-,38+,39-,42+,43-,44-,45-,47-,48-,49+/m1/s1. The highest BCUT2D eigenvalue weighted by atomic mass is 16.7. The number of Topliss-reactive ketones (excluding diaryl/α,β-unsaturated/α-hetero) is 1. The molecule has 3 N–H and O–H groups in total. The average Bonchev–Trinajstić information content (AvgIpc) is 3.23. The zero-order chi connectivity index (χ0) is 45.0. The molecule has 0 aromatic heterocycles. The van der Waals surface area contributed by atoms with Crippen molar-refractivity contribution in [3.63, 3.8) is 0 Å². The number of hydrogen-bond donors (Lipinski definition) is 3. The van der Waals surface area contributed by atoms with E-state index in [-0.39, 0.29) is 31.1 Å². The Kier molecular flexibility index (Phi) is 15.6. The molecule has 2 aliphatic rings. The molecule has 0 amide bonds. The predicted octanol–water partition coefficient (Wildman–Crippen LogP) is 6.42. The number of likely N-dealkylation sites (N-methyl/N-ethyl adjacent to an activating group) is 1. The molecule has 0 radical (unpaired) electrons. The maximum atomic E-state index is 14.3. The summed E-state index contributed by atoms with van der Waals surface area (Å²) in [6, 6.07) is 23.1. The Morgan fingerprint density at radius 1 is 0.869 bits per heavy atom. The van der Waals surface area contributed by atoms with E-state index in [1.807, 2.05) is 86.8 Å². The van der Waals surface area contributed by atoms with Crippen LogP contribution in [0.15, 0.2) is 72.8 Å². The van der Waals surface area contributed by atoms with Crippen LogP contribution in [0, 0.1) is 23.7 Å². The van der Waals surface area contributed by atoms with Gasteiger partial charge in [-0.1, -0.05) is 100 Å². The fourth-order valence-electron chi connectivity index (χ4n) is 9.75. The number of carbonyl (C=O) groups is 3. The van der Waals surface area contributed by atoms with E-state index >= 15 is 0 Å². The minimum Gasteiger partial charge on any atom is -0.461 e. The number of hydrogen-bond acceptors (Lipinski definition) is 12. The Labute approximate surface area is 361 Å². The van der Waals surface area contributed by atoms with Gasteiger partial charge in [0.1, 0.15) is 29.7 Å². The van der Waals surface area contributed by atoms with Crippen LogP contribution in [-0.4, -0.2) is 112 Å². The van der Waals surface area contributed by atoms with Crippen LogP contribution >= 0.6 is 0 Å². The Bertz CT molecular complexity index is 1960. The van der Waals surface area contributed by atoms with E-state index in [1.165, 1.54) is 14.0 Å². The van der Waals surface area contributed by atoms with Crippen LogP contribution in [0.25, 0.3) is 10.8 Å². The Hall–Kier alpha value is -3.75. The normalized spacial score (nSPS) is 36.9. The van der Waals surface area contributed by atoms with Crippen LogP contribution in [0.2, 0.25) is 0 Å². The second-order valence-electron chi connectivity index (χ2n) is 18.4. The summed E-state index contributed by atoms with van der Waals surface area (Å²) in [4.78, 5) is 44.7. The third kappa shape index (κ3) is 10.7. The van der Waals surface area contributed by atoms with E-state index in [4.69, 9.17) is 23.7 Å². The van der Waals surface area contributed by atoms with Gasteiger partial charge < -0.3 is 39.0 Å². The van der Waals surface area contributed by atoms with Gasteiger partial charge in [-0.15, -0.1) is 0 Å². The first kappa shape index (κ1) is 48.3. The van der Waals surface area contributed by atoms with Crippen molar-refractivity contribution >= 4 is 28.5 Å². The van der Waals surface area contributed by atoms with Crippen LogP contribution in [0.3, 0.4) is 0 Å². The molecule has 2 saturated heterocycles. The molecule has 14 atom stereocenters. The van der Waals surface area contributed by atoms with E-state index in [0.29, 0.717) is 18.5 Å². The Balaban J connectivity index is 1.59. The van der Waals surface area contributed by atoms with Crippen molar-refractivity contribution in [3.8, 4) is 0 Å². The molecule has 0 bridgehead atoms. The number of aliphatic hydroxyl groups is 3.